The molecule has 4 nitrogen and oxygen atoms in total. The van der Waals surface area contributed by atoms with Crippen molar-refractivity contribution in [2.75, 3.05) is 13.7 Å². The monoisotopic (exact) mass is 273 g/mol. The number of hydrogen-bond donors (Lipinski definition) is 0. The molecule has 19 heavy (non-hydrogen) atoms. The summed E-state index contributed by atoms with van der Waals surface area (Å²) < 4.78 is 10.5. The van der Waals surface area contributed by atoms with E-state index in [2.05, 4.69) is 23.1 Å². The summed E-state index contributed by atoms with van der Waals surface area (Å²) in [5.41, 5.74) is 0.762. The molecule has 0 saturated heterocycles. The number of isothiocyanates is 1. The minimum Gasteiger partial charge on any atom is -0.493 e. The first-order valence-electron chi connectivity index (χ1n) is 5.25. The molecule has 5 heteroatoms. The molecule has 0 aliphatic rings. The highest BCUT2D eigenvalue weighted by Crippen LogP contribution is 2.28. The van der Waals surface area contributed by atoms with E-state index in [1.807, 2.05) is 5.16 Å². The van der Waals surface area contributed by atoms with E-state index in [1.165, 1.54) is 13.2 Å². The lowest BCUT2D eigenvalue weighted by atomic mass is 10.2. The second kappa shape index (κ2) is 7.83. The van der Waals surface area contributed by atoms with Gasteiger partial charge in [-0.25, -0.2) is 0 Å². The zero-order chi connectivity index (χ0) is 14.1. The Balaban J connectivity index is 2.91. The van der Waals surface area contributed by atoms with Crippen molar-refractivity contribution in [2.24, 2.45) is 4.99 Å². The fourth-order valence-corrected chi connectivity index (χ4v) is 1.37. The highest BCUT2D eigenvalue weighted by Gasteiger charge is 2.04. The molecule has 0 aromatic heterocycles. The van der Waals surface area contributed by atoms with E-state index in [0.29, 0.717) is 11.5 Å². The van der Waals surface area contributed by atoms with Gasteiger partial charge in [-0.2, -0.15) is 4.99 Å². The van der Waals surface area contributed by atoms with Gasteiger partial charge in [0.15, 0.2) is 11.5 Å². The number of aliphatic imine (C=N–C) groups is 1. The van der Waals surface area contributed by atoms with Crippen molar-refractivity contribution in [3.05, 3.63) is 29.8 Å². The lowest BCUT2D eigenvalue weighted by molar-refractivity contribution is -0.113. The van der Waals surface area contributed by atoms with Gasteiger partial charge in [-0.3, -0.25) is 4.79 Å². The molecule has 1 aromatic rings. The Bertz CT molecular complexity index is 581. The third-order valence-corrected chi connectivity index (χ3v) is 2.16. The summed E-state index contributed by atoms with van der Waals surface area (Å²) in [5.74, 6) is 2.97. The fraction of sp³-hybridized carbons (Fsp3) is 0.143. The molecule has 0 heterocycles. The van der Waals surface area contributed by atoms with Crippen molar-refractivity contribution in [2.45, 2.75) is 0 Å². The van der Waals surface area contributed by atoms with Gasteiger partial charge in [0.2, 0.25) is 0 Å². The second-order valence-corrected chi connectivity index (χ2v) is 3.46. The first-order valence-corrected chi connectivity index (χ1v) is 5.66. The number of carbonyl (C=O) groups excluding carboxylic acids is 1. The normalized spacial score (nSPS) is 9.47. The molecule has 0 fully saturated rings. The van der Waals surface area contributed by atoms with E-state index in [1.54, 1.807) is 24.3 Å². The number of terminal acetylenes is 1. The molecule has 0 atom stereocenters. The lowest BCUT2D eigenvalue weighted by Gasteiger charge is -2.09. The zero-order valence-corrected chi connectivity index (χ0v) is 11.1. The number of nitrogens with zero attached hydrogens (tertiary/aromatic N) is 1. The molecule has 0 bridgehead atoms. The van der Waals surface area contributed by atoms with Crippen molar-refractivity contribution < 1.29 is 14.3 Å². The van der Waals surface area contributed by atoms with Gasteiger partial charge in [-0.1, -0.05) is 12.0 Å². The van der Waals surface area contributed by atoms with Gasteiger partial charge < -0.3 is 9.47 Å². The molecule has 0 spiro atoms. The number of methoxy groups -OCH3 is 1. The molecule has 1 rings (SSSR count). The maximum absolute atomic E-state index is 11.1. The van der Waals surface area contributed by atoms with E-state index in [9.17, 15) is 4.79 Å². The Labute approximate surface area is 116 Å². The van der Waals surface area contributed by atoms with Crippen LogP contribution in [-0.2, 0) is 4.79 Å². The Morgan fingerprint density at radius 3 is 2.95 bits per heavy atom. The maximum atomic E-state index is 11.1. The van der Waals surface area contributed by atoms with Crippen LogP contribution in [0.2, 0.25) is 0 Å². The minimum absolute atomic E-state index is 0.160. The lowest BCUT2D eigenvalue weighted by Crippen LogP contribution is -1.96. The Hall–Kier alpha value is -2.41. The SMILES string of the molecule is C#CCOc1ccc(/C=C/C(=O)N=C=S)cc1OC. The second-order valence-electron chi connectivity index (χ2n) is 3.28. The first-order chi connectivity index (χ1) is 9.21. The molecule has 1 aromatic carbocycles. The summed E-state index contributed by atoms with van der Waals surface area (Å²) in [6.45, 7) is 0.160. The minimum atomic E-state index is -0.471. The molecule has 0 radical (unpaired) electrons. The van der Waals surface area contributed by atoms with Crippen LogP contribution >= 0.6 is 12.2 Å². The van der Waals surface area contributed by atoms with Crippen molar-refractivity contribution in [3.8, 4) is 23.8 Å². The summed E-state index contributed by atoms with van der Waals surface area (Å²) in [4.78, 5) is 14.4. The van der Waals surface area contributed by atoms with Crippen molar-refractivity contribution in [3.63, 3.8) is 0 Å². The van der Waals surface area contributed by atoms with Crippen LogP contribution in [0.5, 0.6) is 11.5 Å². The van der Waals surface area contributed by atoms with Gasteiger partial charge in [0, 0.05) is 6.08 Å². The largest absolute Gasteiger partial charge is 0.493 e. The molecule has 0 unspecified atom stereocenters. The smallest absolute Gasteiger partial charge is 0.278 e. The molecule has 0 saturated carbocycles. The van der Waals surface area contributed by atoms with E-state index in [-0.39, 0.29) is 6.61 Å². The molecular formula is C14H11NO3S. The van der Waals surface area contributed by atoms with E-state index in [4.69, 9.17) is 15.9 Å². The number of thiocarbonyl (C=S) groups is 1. The summed E-state index contributed by atoms with van der Waals surface area (Å²) in [6.07, 6.45) is 7.99. The van der Waals surface area contributed by atoms with Gasteiger partial charge in [-0.15, -0.1) is 6.42 Å². The topological polar surface area (TPSA) is 47.9 Å². The van der Waals surface area contributed by atoms with Crippen LogP contribution in [0, 0.1) is 12.3 Å². The van der Waals surface area contributed by atoms with Crippen molar-refractivity contribution in [1.29, 1.82) is 0 Å². The molecule has 0 aliphatic carbocycles. The van der Waals surface area contributed by atoms with Gasteiger partial charge >= 0.3 is 0 Å². The fourth-order valence-electron chi connectivity index (χ4n) is 1.28. The van der Waals surface area contributed by atoms with Crippen LogP contribution in [0.1, 0.15) is 5.56 Å². The van der Waals surface area contributed by atoms with E-state index in [0.717, 1.165) is 5.56 Å². The molecule has 0 aliphatic heterocycles. The van der Waals surface area contributed by atoms with E-state index >= 15 is 0 Å². The number of rotatable bonds is 5. The summed E-state index contributed by atoms with van der Waals surface area (Å²) in [5, 5.41) is 2.00. The molecular weight excluding hydrogens is 262 g/mol. The summed E-state index contributed by atoms with van der Waals surface area (Å²) in [6, 6.07) is 5.19. The van der Waals surface area contributed by atoms with Crippen LogP contribution in [0.25, 0.3) is 6.08 Å². The van der Waals surface area contributed by atoms with Gasteiger partial charge in [-0.05, 0) is 36.0 Å². The van der Waals surface area contributed by atoms with Crippen LogP contribution in [0.15, 0.2) is 29.3 Å². The highest BCUT2D eigenvalue weighted by atomic mass is 32.1. The zero-order valence-electron chi connectivity index (χ0n) is 10.3. The van der Waals surface area contributed by atoms with Gasteiger partial charge in [0.05, 0.1) is 12.3 Å². The number of amides is 1. The third-order valence-electron chi connectivity index (χ3n) is 2.07. The van der Waals surface area contributed by atoms with Crippen molar-refractivity contribution in [1.82, 2.24) is 0 Å². The molecule has 1 amide bonds. The molecule has 0 N–H and O–H groups in total. The van der Waals surface area contributed by atoms with Gasteiger partial charge in [0.25, 0.3) is 5.91 Å². The Kier molecular flexibility index (Phi) is 6.04. The number of carbonyl (C=O) groups is 1. The van der Waals surface area contributed by atoms with Crippen molar-refractivity contribution >= 4 is 29.4 Å². The highest BCUT2D eigenvalue weighted by molar-refractivity contribution is 7.78. The molecule has 96 valence electrons. The Morgan fingerprint density at radius 1 is 1.53 bits per heavy atom. The van der Waals surface area contributed by atoms with E-state index < -0.39 is 5.91 Å². The first kappa shape index (κ1) is 14.7. The van der Waals surface area contributed by atoms with Crippen LogP contribution in [0.3, 0.4) is 0 Å². The average molecular weight is 273 g/mol. The Morgan fingerprint density at radius 2 is 2.32 bits per heavy atom. The van der Waals surface area contributed by atoms with Gasteiger partial charge in [0.1, 0.15) is 6.61 Å². The average Bonchev–Trinajstić information content (AvgIpc) is 2.43. The number of ether oxygens (including phenoxy) is 2. The number of hydrogen-bond acceptors (Lipinski definition) is 4. The summed E-state index contributed by atoms with van der Waals surface area (Å²) in [7, 11) is 1.52. The quantitative estimate of drug-likeness (QED) is 0.357. The standard InChI is InChI=1S/C14H11NO3S/c1-3-8-18-12-6-4-11(9-13(12)17-2)5-7-14(16)15-10-19/h1,4-7,9H,8H2,2H3/b7-5+. The maximum Gasteiger partial charge on any atom is 0.278 e. The number of benzene rings is 1. The predicted octanol–water partition coefficient (Wildman–Crippen LogP) is 2.35. The van der Waals surface area contributed by atoms with Crippen LogP contribution < -0.4 is 9.47 Å². The summed E-state index contributed by atoms with van der Waals surface area (Å²) >= 11 is 4.33. The predicted molar refractivity (Wildman–Crippen MR) is 76.4 cm³/mol. The third kappa shape index (κ3) is 4.76. The van der Waals surface area contributed by atoms with Crippen LogP contribution in [0.4, 0.5) is 0 Å². The van der Waals surface area contributed by atoms with Crippen LogP contribution in [-0.4, -0.2) is 24.8 Å².